The highest BCUT2D eigenvalue weighted by atomic mass is 16.5. The second-order valence-corrected chi connectivity index (χ2v) is 6.02. The van der Waals surface area contributed by atoms with Gasteiger partial charge in [-0.2, -0.15) is 5.10 Å². The number of morpholine rings is 1. The lowest BCUT2D eigenvalue weighted by Crippen LogP contribution is -2.36. The van der Waals surface area contributed by atoms with Gasteiger partial charge in [-0.15, -0.1) is 0 Å². The molecule has 1 aliphatic rings. The quantitative estimate of drug-likeness (QED) is 0.754. The molecule has 4 rings (SSSR count). The van der Waals surface area contributed by atoms with E-state index in [2.05, 4.69) is 20.4 Å². The molecule has 0 aliphatic carbocycles. The van der Waals surface area contributed by atoms with Gasteiger partial charge in [-0.1, -0.05) is 30.3 Å². The average molecular weight is 350 g/mol. The number of carbonyl (C=O) groups excluding carboxylic acids is 1. The Labute approximate surface area is 149 Å². The lowest BCUT2D eigenvalue weighted by Gasteiger charge is -2.30. The number of benzene rings is 2. The van der Waals surface area contributed by atoms with Gasteiger partial charge in [0, 0.05) is 18.5 Å². The van der Waals surface area contributed by atoms with Crippen molar-refractivity contribution in [1.29, 1.82) is 0 Å². The van der Waals surface area contributed by atoms with Gasteiger partial charge < -0.3 is 15.0 Å². The summed E-state index contributed by atoms with van der Waals surface area (Å²) >= 11 is 0. The highest BCUT2D eigenvalue weighted by Gasteiger charge is 2.18. The summed E-state index contributed by atoms with van der Waals surface area (Å²) in [6.07, 6.45) is 0. The largest absolute Gasteiger partial charge is 0.378 e. The van der Waals surface area contributed by atoms with Gasteiger partial charge in [-0.05, 0) is 18.2 Å². The van der Waals surface area contributed by atoms with Crippen LogP contribution in [0.25, 0.3) is 10.8 Å². The van der Waals surface area contributed by atoms with Crippen molar-refractivity contribution in [3.8, 4) is 0 Å². The normalized spacial score (nSPS) is 14.4. The molecule has 0 radical (unpaired) electrons. The van der Waals surface area contributed by atoms with Crippen molar-refractivity contribution in [1.82, 2.24) is 10.2 Å². The van der Waals surface area contributed by atoms with Gasteiger partial charge in [0.05, 0.1) is 30.0 Å². The minimum absolute atomic E-state index is 0.192. The van der Waals surface area contributed by atoms with E-state index < -0.39 is 0 Å². The molecular weight excluding hydrogens is 332 g/mol. The molecule has 2 N–H and O–H groups in total. The minimum Gasteiger partial charge on any atom is -0.378 e. The molecule has 1 aliphatic heterocycles. The van der Waals surface area contributed by atoms with E-state index in [1.54, 1.807) is 24.3 Å². The van der Waals surface area contributed by atoms with Gasteiger partial charge in [-0.3, -0.25) is 9.59 Å². The first kappa shape index (κ1) is 16.3. The van der Waals surface area contributed by atoms with Crippen molar-refractivity contribution in [3.63, 3.8) is 0 Å². The third-order valence-electron chi connectivity index (χ3n) is 4.42. The van der Waals surface area contributed by atoms with Crippen LogP contribution in [0.3, 0.4) is 0 Å². The van der Waals surface area contributed by atoms with E-state index in [1.165, 1.54) is 0 Å². The van der Waals surface area contributed by atoms with Gasteiger partial charge in [0.25, 0.3) is 11.5 Å². The van der Waals surface area contributed by atoms with Crippen LogP contribution < -0.4 is 15.8 Å². The Balaban J connectivity index is 1.68. The number of nitrogens with one attached hydrogen (secondary N) is 2. The molecule has 1 amide bonds. The Morgan fingerprint density at radius 2 is 1.73 bits per heavy atom. The number of rotatable bonds is 3. The zero-order valence-electron chi connectivity index (χ0n) is 14.1. The van der Waals surface area contributed by atoms with Crippen LogP contribution in [0.2, 0.25) is 0 Å². The predicted octanol–water partition coefficient (Wildman–Crippen LogP) is 2.01. The molecule has 7 heteroatoms. The molecule has 0 saturated carbocycles. The maximum atomic E-state index is 12.8. The van der Waals surface area contributed by atoms with Gasteiger partial charge in [0.1, 0.15) is 0 Å². The van der Waals surface area contributed by atoms with Gasteiger partial charge >= 0.3 is 0 Å². The zero-order chi connectivity index (χ0) is 17.9. The summed E-state index contributed by atoms with van der Waals surface area (Å²) in [5, 5.41) is 10.3. The fourth-order valence-electron chi connectivity index (χ4n) is 3.13. The smallest absolute Gasteiger partial charge is 0.276 e. The number of ether oxygens (including phenoxy) is 1. The molecule has 1 aromatic heterocycles. The van der Waals surface area contributed by atoms with Crippen molar-refractivity contribution < 1.29 is 9.53 Å². The Kier molecular flexibility index (Phi) is 4.37. The first-order valence-corrected chi connectivity index (χ1v) is 8.44. The van der Waals surface area contributed by atoms with Gasteiger partial charge in [-0.25, -0.2) is 5.10 Å². The first-order valence-electron chi connectivity index (χ1n) is 8.44. The highest BCUT2D eigenvalue weighted by Crippen LogP contribution is 2.27. The lowest BCUT2D eigenvalue weighted by molar-refractivity contribution is 0.102. The maximum Gasteiger partial charge on any atom is 0.276 e. The number of carbonyl (C=O) groups is 1. The maximum absolute atomic E-state index is 12.8. The summed E-state index contributed by atoms with van der Waals surface area (Å²) < 4.78 is 5.40. The van der Waals surface area contributed by atoms with Crippen LogP contribution >= 0.6 is 0 Å². The summed E-state index contributed by atoms with van der Waals surface area (Å²) in [5.74, 6) is -0.363. The van der Waals surface area contributed by atoms with Crippen molar-refractivity contribution >= 4 is 28.1 Å². The van der Waals surface area contributed by atoms with E-state index in [9.17, 15) is 9.59 Å². The van der Waals surface area contributed by atoms with Crippen LogP contribution in [0.15, 0.2) is 53.3 Å². The van der Waals surface area contributed by atoms with E-state index in [1.807, 2.05) is 24.3 Å². The number of aromatic nitrogens is 2. The Bertz CT molecular complexity index is 1010. The Morgan fingerprint density at radius 3 is 2.54 bits per heavy atom. The third kappa shape index (κ3) is 3.04. The summed E-state index contributed by atoms with van der Waals surface area (Å²) in [7, 11) is 0. The van der Waals surface area contributed by atoms with Crippen molar-refractivity contribution in [2.24, 2.45) is 0 Å². The van der Waals surface area contributed by atoms with E-state index in [0.717, 1.165) is 18.8 Å². The van der Waals surface area contributed by atoms with E-state index in [0.29, 0.717) is 29.7 Å². The number of H-pyrrole nitrogens is 1. The number of para-hydroxylation sites is 2. The Morgan fingerprint density at radius 1 is 1.04 bits per heavy atom. The van der Waals surface area contributed by atoms with E-state index >= 15 is 0 Å². The summed E-state index contributed by atoms with van der Waals surface area (Å²) in [4.78, 5) is 26.9. The number of hydrogen-bond acceptors (Lipinski definition) is 5. The monoisotopic (exact) mass is 350 g/mol. The molecule has 26 heavy (non-hydrogen) atoms. The van der Waals surface area contributed by atoms with E-state index in [4.69, 9.17) is 4.74 Å². The van der Waals surface area contributed by atoms with Crippen LogP contribution in [-0.2, 0) is 4.74 Å². The fraction of sp³-hybridized carbons (Fsp3) is 0.211. The number of fused-ring (bicyclic) bond motifs is 1. The second-order valence-electron chi connectivity index (χ2n) is 6.02. The minimum atomic E-state index is -0.363. The molecule has 3 aromatic rings. The SMILES string of the molecule is O=C(Nc1ccccc1N1CCOCC1)c1n[nH]c(=O)c2ccccc12. The van der Waals surface area contributed by atoms with Crippen LogP contribution in [-0.4, -0.2) is 42.4 Å². The Hall–Kier alpha value is -3.19. The van der Waals surface area contributed by atoms with Crippen molar-refractivity contribution in [2.45, 2.75) is 0 Å². The molecule has 2 aromatic carbocycles. The van der Waals surface area contributed by atoms with Crippen LogP contribution in [0, 0.1) is 0 Å². The molecular formula is C19H18N4O3. The highest BCUT2D eigenvalue weighted by molar-refractivity contribution is 6.12. The van der Waals surface area contributed by atoms with E-state index in [-0.39, 0.29) is 17.2 Å². The third-order valence-corrected chi connectivity index (χ3v) is 4.42. The molecule has 0 atom stereocenters. The van der Waals surface area contributed by atoms with Gasteiger partial charge in [0.2, 0.25) is 0 Å². The van der Waals surface area contributed by atoms with Crippen molar-refractivity contribution in [3.05, 3.63) is 64.6 Å². The number of amides is 1. The lowest BCUT2D eigenvalue weighted by atomic mass is 10.1. The van der Waals surface area contributed by atoms with Crippen LogP contribution in [0.1, 0.15) is 10.5 Å². The van der Waals surface area contributed by atoms with Gasteiger partial charge in [0.15, 0.2) is 5.69 Å². The topological polar surface area (TPSA) is 87.3 Å². The molecule has 1 saturated heterocycles. The van der Waals surface area contributed by atoms with Crippen LogP contribution in [0.4, 0.5) is 11.4 Å². The second kappa shape index (κ2) is 6.97. The molecule has 2 heterocycles. The first-order chi connectivity index (χ1) is 12.7. The molecule has 1 fully saturated rings. The fourth-order valence-corrected chi connectivity index (χ4v) is 3.13. The predicted molar refractivity (Wildman–Crippen MR) is 99.8 cm³/mol. The average Bonchev–Trinajstić information content (AvgIpc) is 2.69. The zero-order valence-corrected chi connectivity index (χ0v) is 14.1. The number of aromatic amines is 1. The molecule has 7 nitrogen and oxygen atoms in total. The number of hydrogen-bond donors (Lipinski definition) is 2. The molecule has 132 valence electrons. The standard InChI is InChI=1S/C19H18N4O3/c24-18-14-6-2-1-5-13(14)17(21-22-18)19(25)20-15-7-3-4-8-16(15)23-9-11-26-12-10-23/h1-8H,9-12H2,(H,20,25)(H,22,24). The molecule has 0 spiro atoms. The summed E-state index contributed by atoms with van der Waals surface area (Å²) in [6.45, 7) is 2.86. The molecule has 0 bridgehead atoms. The summed E-state index contributed by atoms with van der Waals surface area (Å²) in [5.41, 5.74) is 1.53. The number of nitrogens with zero attached hydrogens (tertiary/aromatic N) is 2. The molecule has 0 unspecified atom stereocenters. The summed E-state index contributed by atoms with van der Waals surface area (Å²) in [6, 6.07) is 14.6. The van der Waals surface area contributed by atoms with Crippen LogP contribution in [0.5, 0.6) is 0 Å². The number of anilines is 2. The van der Waals surface area contributed by atoms with Crippen molar-refractivity contribution in [2.75, 3.05) is 36.5 Å².